The number of benzene rings is 3. The van der Waals surface area contributed by atoms with Crippen molar-refractivity contribution in [3.05, 3.63) is 89.0 Å². The third kappa shape index (κ3) is 4.73. The minimum Gasteiger partial charge on any atom is -0.384 e. The Bertz CT molecular complexity index is 1320. The molecule has 0 spiro atoms. The highest BCUT2D eigenvalue weighted by atomic mass is 16.2. The van der Waals surface area contributed by atoms with Gasteiger partial charge < -0.3 is 26.7 Å². The van der Waals surface area contributed by atoms with Crippen LogP contribution in [0.3, 0.4) is 0 Å². The van der Waals surface area contributed by atoms with E-state index in [2.05, 4.69) is 15.8 Å². The van der Waals surface area contributed by atoms with Crippen molar-refractivity contribution in [1.82, 2.24) is 5.43 Å². The van der Waals surface area contributed by atoms with Crippen LogP contribution >= 0.6 is 0 Å². The summed E-state index contributed by atoms with van der Waals surface area (Å²) in [6.07, 6.45) is 1.61. The van der Waals surface area contributed by atoms with Gasteiger partial charge in [-0.25, -0.2) is 5.43 Å². The minimum atomic E-state index is -0.484. The van der Waals surface area contributed by atoms with E-state index in [0.29, 0.717) is 24.1 Å². The summed E-state index contributed by atoms with van der Waals surface area (Å²) >= 11 is 0. The van der Waals surface area contributed by atoms with E-state index in [1.807, 2.05) is 59.5 Å². The molecule has 7 N–H and O–H groups in total. The molecule has 0 saturated carbocycles. The van der Waals surface area contributed by atoms with E-state index in [9.17, 15) is 9.59 Å². The van der Waals surface area contributed by atoms with Gasteiger partial charge in [-0.1, -0.05) is 30.3 Å². The van der Waals surface area contributed by atoms with Gasteiger partial charge in [-0.05, 0) is 53.9 Å². The fraction of sp³-hybridized carbons (Fsp3) is 0.222. The summed E-state index contributed by atoms with van der Waals surface area (Å²) in [7, 11) is 0. The van der Waals surface area contributed by atoms with E-state index in [1.54, 1.807) is 12.1 Å². The molecule has 9 heteroatoms. The van der Waals surface area contributed by atoms with E-state index >= 15 is 0 Å². The predicted molar refractivity (Wildman–Crippen MR) is 141 cm³/mol. The number of nitrogen functional groups attached to an aromatic ring is 1. The molecule has 2 aliphatic heterocycles. The van der Waals surface area contributed by atoms with Gasteiger partial charge in [0.1, 0.15) is 11.9 Å². The molecule has 1 atom stereocenters. The number of hydrogen-bond donors (Lipinski definition) is 5. The van der Waals surface area contributed by atoms with Crippen molar-refractivity contribution in [1.29, 1.82) is 5.41 Å². The quantitative estimate of drug-likeness (QED) is 0.258. The number of nitrogens with one attached hydrogen (secondary N) is 3. The lowest BCUT2D eigenvalue weighted by Gasteiger charge is -2.27. The lowest BCUT2D eigenvalue weighted by atomic mass is 10.1. The molecule has 3 aromatic carbocycles. The maximum absolute atomic E-state index is 13.6. The average molecular weight is 484 g/mol. The van der Waals surface area contributed by atoms with Crippen LogP contribution in [0, 0.1) is 5.41 Å². The lowest BCUT2D eigenvalue weighted by Crippen LogP contribution is -2.41. The third-order valence-electron chi connectivity index (χ3n) is 6.68. The SMILES string of the molecule is N=C(N)c1ccc2c(c1)N(Cc1ccc(C(N)=O)cc1)C(C(=O)Nc1cccc(N3CCCN3)c1)C2. The summed E-state index contributed by atoms with van der Waals surface area (Å²) in [6.45, 7) is 2.31. The van der Waals surface area contributed by atoms with Gasteiger partial charge in [0.2, 0.25) is 11.8 Å². The number of carbonyl (C=O) groups is 2. The third-order valence-corrected chi connectivity index (χ3v) is 6.68. The highest BCUT2D eigenvalue weighted by Crippen LogP contribution is 2.35. The predicted octanol–water partition coefficient (Wildman–Crippen LogP) is 2.35. The zero-order valence-electron chi connectivity index (χ0n) is 19.8. The molecular formula is C27H29N7O2. The van der Waals surface area contributed by atoms with E-state index in [-0.39, 0.29) is 11.7 Å². The van der Waals surface area contributed by atoms with Crippen LogP contribution in [0.15, 0.2) is 66.7 Å². The van der Waals surface area contributed by atoms with Crippen molar-refractivity contribution in [2.45, 2.75) is 25.4 Å². The van der Waals surface area contributed by atoms with Gasteiger partial charge in [-0.2, -0.15) is 0 Å². The van der Waals surface area contributed by atoms with Crippen molar-refractivity contribution in [2.24, 2.45) is 11.5 Å². The Labute approximate surface area is 209 Å². The number of fused-ring (bicyclic) bond motifs is 1. The van der Waals surface area contributed by atoms with Crippen LogP contribution in [0.2, 0.25) is 0 Å². The number of primary amides is 1. The summed E-state index contributed by atoms with van der Waals surface area (Å²) in [4.78, 5) is 27.1. The number of carbonyl (C=O) groups excluding carboxylic acids is 2. The smallest absolute Gasteiger partial charge is 0.248 e. The molecule has 3 aromatic rings. The second-order valence-electron chi connectivity index (χ2n) is 9.12. The zero-order chi connectivity index (χ0) is 25.2. The Kier molecular flexibility index (Phi) is 6.30. The summed E-state index contributed by atoms with van der Waals surface area (Å²) in [5.41, 5.74) is 20.1. The van der Waals surface area contributed by atoms with Gasteiger partial charge in [0.05, 0.1) is 5.69 Å². The van der Waals surface area contributed by atoms with Gasteiger partial charge >= 0.3 is 0 Å². The molecule has 36 heavy (non-hydrogen) atoms. The van der Waals surface area contributed by atoms with Gasteiger partial charge in [-0.15, -0.1) is 0 Å². The molecule has 9 nitrogen and oxygen atoms in total. The molecule has 184 valence electrons. The number of hydrogen-bond acceptors (Lipinski definition) is 6. The fourth-order valence-electron chi connectivity index (χ4n) is 4.79. The van der Waals surface area contributed by atoms with Crippen LogP contribution in [0.1, 0.15) is 33.5 Å². The molecule has 0 bridgehead atoms. The standard InChI is InChI=1S/C27H29N7O2/c28-25(29)20-10-9-19-13-24(27(36)32-21-3-1-4-22(15-21)34-12-2-11-31-34)33(23(19)14-20)16-17-5-7-18(8-6-17)26(30)35/h1,3-10,14-15,24,31H,2,11-13,16H2,(H3,28,29)(H2,30,35)(H,32,36). The Morgan fingerprint density at radius 2 is 1.81 bits per heavy atom. The molecular weight excluding hydrogens is 454 g/mol. The Hall–Kier alpha value is -4.37. The summed E-state index contributed by atoms with van der Waals surface area (Å²) in [5.74, 6) is -0.623. The van der Waals surface area contributed by atoms with Crippen LogP contribution in [0.25, 0.3) is 0 Å². The molecule has 1 saturated heterocycles. The summed E-state index contributed by atoms with van der Waals surface area (Å²) < 4.78 is 0. The molecule has 5 rings (SSSR count). The first-order valence-electron chi connectivity index (χ1n) is 11.9. The second kappa shape index (κ2) is 9.71. The minimum absolute atomic E-state index is 0.0243. The summed E-state index contributed by atoms with van der Waals surface area (Å²) in [6, 6.07) is 20.0. The van der Waals surface area contributed by atoms with Gasteiger partial charge in [0.25, 0.3) is 0 Å². The number of rotatable bonds is 7. The first-order chi connectivity index (χ1) is 17.4. The van der Waals surface area contributed by atoms with Crippen LogP contribution in [0.4, 0.5) is 17.1 Å². The Morgan fingerprint density at radius 3 is 2.50 bits per heavy atom. The van der Waals surface area contributed by atoms with Crippen molar-refractivity contribution in [2.75, 3.05) is 28.3 Å². The molecule has 0 aromatic heterocycles. The molecule has 2 amide bonds. The van der Waals surface area contributed by atoms with Gasteiger partial charge in [0, 0.05) is 48.6 Å². The number of amides is 2. The van der Waals surface area contributed by atoms with Crippen molar-refractivity contribution in [3.63, 3.8) is 0 Å². The van der Waals surface area contributed by atoms with Crippen LogP contribution in [-0.4, -0.2) is 36.8 Å². The molecule has 2 heterocycles. The topological polar surface area (TPSA) is 141 Å². The van der Waals surface area contributed by atoms with Gasteiger partial charge in [0.15, 0.2) is 0 Å². The highest BCUT2D eigenvalue weighted by Gasteiger charge is 2.35. The van der Waals surface area contributed by atoms with E-state index < -0.39 is 11.9 Å². The van der Waals surface area contributed by atoms with Crippen LogP contribution in [-0.2, 0) is 17.8 Å². The highest BCUT2D eigenvalue weighted by molar-refractivity contribution is 6.00. The van der Waals surface area contributed by atoms with E-state index in [0.717, 1.165) is 47.7 Å². The number of nitrogens with zero attached hydrogens (tertiary/aromatic N) is 2. The maximum Gasteiger partial charge on any atom is 0.248 e. The zero-order valence-corrected chi connectivity index (χ0v) is 19.8. The number of amidine groups is 1. The lowest BCUT2D eigenvalue weighted by molar-refractivity contribution is -0.117. The molecule has 0 aliphatic carbocycles. The monoisotopic (exact) mass is 483 g/mol. The van der Waals surface area contributed by atoms with Gasteiger partial charge in [-0.3, -0.25) is 15.0 Å². The molecule has 0 radical (unpaired) electrons. The average Bonchev–Trinajstić information content (AvgIpc) is 3.53. The summed E-state index contributed by atoms with van der Waals surface area (Å²) in [5, 5.41) is 13.0. The Morgan fingerprint density at radius 1 is 1.03 bits per heavy atom. The van der Waals surface area contributed by atoms with Crippen LogP contribution < -0.4 is 32.1 Å². The van der Waals surface area contributed by atoms with Crippen molar-refractivity contribution >= 4 is 34.7 Å². The van der Waals surface area contributed by atoms with E-state index in [1.165, 1.54) is 0 Å². The number of anilines is 3. The molecule has 1 unspecified atom stereocenters. The largest absolute Gasteiger partial charge is 0.384 e. The first kappa shape index (κ1) is 23.4. The van der Waals surface area contributed by atoms with E-state index in [4.69, 9.17) is 16.9 Å². The van der Waals surface area contributed by atoms with Crippen LogP contribution in [0.5, 0.6) is 0 Å². The molecule has 1 fully saturated rings. The second-order valence-corrected chi connectivity index (χ2v) is 9.12. The number of hydrazine groups is 1. The maximum atomic E-state index is 13.6. The first-order valence-corrected chi connectivity index (χ1v) is 11.9. The number of nitrogens with two attached hydrogens (primary N) is 2. The normalized spacial score (nSPS) is 16.6. The van der Waals surface area contributed by atoms with Crippen molar-refractivity contribution in [3.8, 4) is 0 Å². The Balaban J connectivity index is 1.41. The fourth-order valence-corrected chi connectivity index (χ4v) is 4.79. The van der Waals surface area contributed by atoms with Crippen molar-refractivity contribution < 1.29 is 9.59 Å². The molecule has 2 aliphatic rings.